The molecule has 0 atom stereocenters. The number of rotatable bonds is 4. The van der Waals surface area contributed by atoms with Crippen molar-refractivity contribution in [3.63, 3.8) is 0 Å². The number of phenols is 1. The number of hydrogen-bond donors (Lipinski definition) is 2. The van der Waals surface area contributed by atoms with Crippen LogP contribution < -0.4 is 5.43 Å². The molecule has 1 aliphatic rings. The van der Waals surface area contributed by atoms with Crippen molar-refractivity contribution in [2.75, 3.05) is 0 Å². The lowest BCUT2D eigenvalue weighted by molar-refractivity contribution is -0.172. The van der Waals surface area contributed by atoms with Gasteiger partial charge in [0.15, 0.2) is 5.43 Å². The maximum Gasteiger partial charge on any atom is 0.363 e. The molecule has 2 amide bonds. The fourth-order valence-electron chi connectivity index (χ4n) is 5.58. The van der Waals surface area contributed by atoms with Crippen molar-refractivity contribution >= 4 is 67.2 Å². The van der Waals surface area contributed by atoms with E-state index in [1.807, 2.05) is 0 Å². The normalized spacial score (nSPS) is 13.4. The van der Waals surface area contributed by atoms with Crippen LogP contribution in [0.5, 0.6) is 5.75 Å². The van der Waals surface area contributed by atoms with Crippen LogP contribution in [0.3, 0.4) is 0 Å². The molecule has 1 aliphatic heterocycles. The fourth-order valence-corrected chi connectivity index (χ4v) is 5.58. The Hall–Kier alpha value is -6.03. The molecule has 210 valence electrons. The minimum atomic E-state index is -1.33. The average Bonchev–Trinajstić information content (AvgIpc) is 3.31. The van der Waals surface area contributed by atoms with Crippen LogP contribution in [-0.2, 0) is 14.4 Å². The molecule has 0 radical (unpaired) electrons. The molecule has 0 aliphatic carbocycles. The Balaban J connectivity index is 1.51. The summed E-state index contributed by atoms with van der Waals surface area (Å²) in [4.78, 5) is 66.4. The van der Waals surface area contributed by atoms with Crippen molar-refractivity contribution in [2.24, 2.45) is 0 Å². The molecule has 0 spiro atoms. The Morgan fingerprint density at radius 2 is 1.33 bits per heavy atom. The van der Waals surface area contributed by atoms with Crippen LogP contribution in [0.2, 0.25) is 0 Å². The maximum absolute atomic E-state index is 12.9. The number of carboxylic acid groups (broad SMARTS) is 1. The summed E-state index contributed by atoms with van der Waals surface area (Å²) in [5, 5.41) is 24.5. The summed E-state index contributed by atoms with van der Waals surface area (Å²) >= 11 is 0. The lowest BCUT2D eigenvalue weighted by Gasteiger charge is -2.17. The van der Waals surface area contributed by atoms with E-state index in [2.05, 4.69) is 0 Å². The summed E-state index contributed by atoms with van der Waals surface area (Å²) < 4.78 is 6.50. The molecule has 10 heteroatoms. The van der Waals surface area contributed by atoms with E-state index in [9.17, 15) is 34.2 Å². The van der Waals surface area contributed by atoms with Gasteiger partial charge in [-0.05, 0) is 77.0 Å². The van der Waals surface area contributed by atoms with E-state index in [1.165, 1.54) is 30.3 Å². The zero-order chi connectivity index (χ0) is 30.0. The molecular weight excluding hydrogens is 554 g/mol. The van der Waals surface area contributed by atoms with Crippen molar-refractivity contribution in [1.82, 2.24) is 5.06 Å². The molecule has 0 unspecified atom stereocenters. The minimum Gasteiger partial charge on any atom is -0.508 e. The Bertz CT molecular complexity index is 2280. The molecule has 6 aromatic rings. The minimum absolute atomic E-state index is 0.0641. The number of carboxylic acids is 1. The summed E-state index contributed by atoms with van der Waals surface area (Å²) in [5.41, 5.74) is 1.01. The molecule has 10 nitrogen and oxygen atoms in total. The fraction of sp³-hybridized carbons (Fsp3) is 0.0606. The zero-order valence-electron chi connectivity index (χ0n) is 22.1. The summed E-state index contributed by atoms with van der Waals surface area (Å²) in [6, 6.07) is 20.4. The lowest BCUT2D eigenvalue weighted by Crippen LogP contribution is -2.32. The molecule has 0 bridgehead atoms. The highest BCUT2D eigenvalue weighted by Gasteiger charge is 2.33. The molecule has 1 aromatic heterocycles. The van der Waals surface area contributed by atoms with Gasteiger partial charge in [0.2, 0.25) is 0 Å². The smallest absolute Gasteiger partial charge is 0.363 e. The van der Waals surface area contributed by atoms with Gasteiger partial charge in [-0.25, -0.2) is 9.59 Å². The summed E-state index contributed by atoms with van der Waals surface area (Å²) in [6.07, 6.45) is -0.159. The van der Waals surface area contributed by atoms with E-state index in [1.54, 1.807) is 42.5 Å². The maximum atomic E-state index is 12.9. The second-order valence-corrected chi connectivity index (χ2v) is 10.2. The first-order valence-electron chi connectivity index (χ1n) is 13.2. The van der Waals surface area contributed by atoms with Crippen LogP contribution in [0.1, 0.15) is 33.6 Å². The van der Waals surface area contributed by atoms with Gasteiger partial charge >= 0.3 is 11.9 Å². The number of carbonyl (C=O) groups excluding carboxylic acids is 3. The second-order valence-electron chi connectivity index (χ2n) is 10.2. The molecule has 43 heavy (non-hydrogen) atoms. The van der Waals surface area contributed by atoms with Crippen LogP contribution in [0.25, 0.3) is 54.6 Å². The Morgan fingerprint density at radius 1 is 0.721 bits per heavy atom. The van der Waals surface area contributed by atoms with Crippen LogP contribution in [0, 0.1) is 0 Å². The number of hydrogen-bond acceptors (Lipinski definition) is 8. The van der Waals surface area contributed by atoms with Gasteiger partial charge in [-0.2, -0.15) is 0 Å². The molecule has 0 saturated carbocycles. The third-order valence-corrected chi connectivity index (χ3v) is 7.57. The van der Waals surface area contributed by atoms with Gasteiger partial charge in [0, 0.05) is 39.9 Å². The molecule has 2 heterocycles. The second kappa shape index (κ2) is 9.52. The number of nitrogens with zero attached hydrogens (tertiary/aromatic N) is 1. The number of benzene rings is 5. The quantitative estimate of drug-likeness (QED) is 0.157. The van der Waals surface area contributed by atoms with E-state index in [0.717, 1.165) is 6.07 Å². The summed E-state index contributed by atoms with van der Waals surface area (Å²) in [6.45, 7) is 0. The van der Waals surface area contributed by atoms with Gasteiger partial charge in [-0.15, -0.1) is 5.06 Å². The molecule has 5 aromatic carbocycles. The first kappa shape index (κ1) is 25.9. The SMILES string of the molecule is O=C(ON1C(=O)CCC1=O)c1ccc(-c2c3ccc4cc(O)ccc4c3oc3c2ccc2cc(=O)ccc23)c(C(=O)O)c1. The lowest BCUT2D eigenvalue weighted by atomic mass is 9.90. The highest BCUT2D eigenvalue weighted by Crippen LogP contribution is 2.43. The van der Waals surface area contributed by atoms with E-state index in [-0.39, 0.29) is 40.7 Å². The summed E-state index contributed by atoms with van der Waals surface area (Å²) in [5.74, 6) is -3.63. The highest BCUT2D eigenvalue weighted by atomic mass is 16.7. The number of amides is 2. The van der Waals surface area contributed by atoms with Crippen molar-refractivity contribution in [2.45, 2.75) is 12.8 Å². The molecular formula is C33H19NO9. The van der Waals surface area contributed by atoms with Gasteiger partial charge in [0.25, 0.3) is 11.8 Å². The predicted molar refractivity (Wildman–Crippen MR) is 156 cm³/mol. The monoisotopic (exact) mass is 573 g/mol. The molecule has 1 saturated heterocycles. The third-order valence-electron chi connectivity index (χ3n) is 7.57. The largest absolute Gasteiger partial charge is 0.508 e. The number of carbonyl (C=O) groups is 4. The molecule has 1 fully saturated rings. The van der Waals surface area contributed by atoms with Crippen LogP contribution in [-0.4, -0.2) is 39.0 Å². The van der Waals surface area contributed by atoms with E-state index < -0.39 is 23.8 Å². The van der Waals surface area contributed by atoms with Gasteiger partial charge in [-0.3, -0.25) is 14.4 Å². The highest BCUT2D eigenvalue weighted by molar-refractivity contribution is 6.21. The van der Waals surface area contributed by atoms with Gasteiger partial charge < -0.3 is 19.5 Å². The topological polar surface area (TPSA) is 151 Å². The standard InChI is InChI=1S/C33H19NO9/c35-19-4-9-21-16(13-19)1-7-24-29(25-8-2-17-14-20(36)5-10-22(17)31(25)42-30(21)24)23-6-3-18(15-26(23)32(39)40)33(41)43-34-27(37)11-12-28(34)38/h1-10,13-15,35H,11-12H2,(H,39,40). The Morgan fingerprint density at radius 3 is 1.98 bits per heavy atom. The number of aromatic hydroxyl groups is 1. The van der Waals surface area contributed by atoms with Crippen molar-refractivity contribution in [3.05, 3.63) is 100 Å². The van der Waals surface area contributed by atoms with Crippen LogP contribution in [0.15, 0.2) is 88.1 Å². The van der Waals surface area contributed by atoms with Gasteiger partial charge in [0.05, 0.1) is 11.1 Å². The number of imide groups is 1. The first-order chi connectivity index (χ1) is 20.7. The van der Waals surface area contributed by atoms with Crippen LogP contribution >= 0.6 is 0 Å². The number of hydroxylamine groups is 2. The van der Waals surface area contributed by atoms with Gasteiger partial charge in [-0.1, -0.05) is 18.2 Å². The first-order valence-corrected chi connectivity index (χ1v) is 13.2. The number of phenolic OH excluding ortho intramolecular Hbond substituents is 1. The van der Waals surface area contributed by atoms with Gasteiger partial charge in [0.1, 0.15) is 16.9 Å². The molecule has 7 rings (SSSR count). The van der Waals surface area contributed by atoms with Crippen molar-refractivity contribution < 1.29 is 38.6 Å². The van der Waals surface area contributed by atoms with E-state index >= 15 is 0 Å². The Kier molecular flexibility index (Phi) is 5.74. The average molecular weight is 574 g/mol. The zero-order valence-corrected chi connectivity index (χ0v) is 22.1. The number of aromatic carboxylic acids is 1. The molecule has 2 N–H and O–H groups in total. The summed E-state index contributed by atoms with van der Waals surface area (Å²) in [7, 11) is 0. The van der Waals surface area contributed by atoms with E-state index in [4.69, 9.17) is 9.25 Å². The van der Waals surface area contributed by atoms with E-state index in [0.29, 0.717) is 54.1 Å². The van der Waals surface area contributed by atoms with Crippen molar-refractivity contribution in [3.8, 4) is 16.9 Å². The van der Waals surface area contributed by atoms with Crippen molar-refractivity contribution in [1.29, 1.82) is 0 Å². The number of fused-ring (bicyclic) bond motifs is 6. The predicted octanol–water partition coefficient (Wildman–Crippen LogP) is 5.54. The Labute approximate surface area is 240 Å². The third kappa shape index (κ3) is 4.15. The van der Waals surface area contributed by atoms with Crippen LogP contribution in [0.4, 0.5) is 0 Å².